The van der Waals surface area contributed by atoms with E-state index >= 15 is 0 Å². The second-order valence-electron chi connectivity index (χ2n) is 13.7. The molecule has 1 nitrogen and oxygen atoms in total. The lowest BCUT2D eigenvalue weighted by molar-refractivity contribution is 1.29. The molecule has 53 heavy (non-hydrogen) atoms. The first-order valence-electron chi connectivity index (χ1n) is 18.0. The summed E-state index contributed by atoms with van der Waals surface area (Å²) < 4.78 is 5.34. The summed E-state index contributed by atoms with van der Waals surface area (Å²) in [6.07, 6.45) is 0. The van der Waals surface area contributed by atoms with Gasteiger partial charge < -0.3 is 4.90 Å². The quantitative estimate of drug-likeness (QED) is 0.172. The van der Waals surface area contributed by atoms with Gasteiger partial charge in [-0.15, -0.1) is 22.7 Å². The maximum Gasteiger partial charge on any atom is 0.0468 e. The normalized spacial score (nSPS) is 11.8. The molecule has 0 amide bonds. The number of nitrogens with zero attached hydrogens (tertiary/aromatic N) is 1. The van der Waals surface area contributed by atoms with Gasteiger partial charge in [-0.2, -0.15) is 0 Å². The number of hydrogen-bond donors (Lipinski definition) is 0. The first-order valence-corrected chi connectivity index (χ1v) is 19.6. The van der Waals surface area contributed by atoms with Crippen LogP contribution in [0.25, 0.3) is 84.1 Å². The lowest BCUT2D eigenvalue weighted by Gasteiger charge is -2.26. The maximum absolute atomic E-state index is 2.42. The standard InChI is InChI=1S/C50H31NS2/c1-2-9-32(10-3-1)34-19-22-39(23-20-34)51(40-15-8-14-37(30-40)38-18-17-33-11-4-5-13-36(33)29-38)41-24-26-45-44(31-41)49-46(52-45)27-28-47-48(49)43-25-21-35-12-6-7-16-42(35)50(43)53-47/h1-31H. The van der Waals surface area contributed by atoms with Crippen LogP contribution < -0.4 is 4.90 Å². The van der Waals surface area contributed by atoms with E-state index in [2.05, 4.69) is 193 Å². The van der Waals surface area contributed by atoms with E-state index in [0.29, 0.717) is 0 Å². The van der Waals surface area contributed by atoms with Crippen LogP contribution in [-0.4, -0.2) is 0 Å². The molecule has 2 heterocycles. The van der Waals surface area contributed by atoms with E-state index in [0.717, 1.165) is 17.1 Å². The van der Waals surface area contributed by atoms with Crippen LogP contribution in [0.4, 0.5) is 17.1 Å². The van der Waals surface area contributed by atoms with Gasteiger partial charge in [-0.3, -0.25) is 0 Å². The Labute approximate surface area is 315 Å². The molecule has 0 atom stereocenters. The van der Waals surface area contributed by atoms with Gasteiger partial charge in [0.2, 0.25) is 0 Å². The van der Waals surface area contributed by atoms with E-state index in [9.17, 15) is 0 Å². The van der Waals surface area contributed by atoms with Crippen molar-refractivity contribution < 1.29 is 0 Å². The number of hydrogen-bond acceptors (Lipinski definition) is 3. The molecular weight excluding hydrogens is 679 g/mol. The fourth-order valence-corrected chi connectivity index (χ4v) is 10.4. The first-order chi connectivity index (χ1) is 26.2. The monoisotopic (exact) mass is 709 g/mol. The maximum atomic E-state index is 2.42. The van der Waals surface area contributed by atoms with Crippen LogP contribution in [0.2, 0.25) is 0 Å². The van der Waals surface area contributed by atoms with Crippen molar-refractivity contribution in [1.29, 1.82) is 0 Å². The summed E-state index contributed by atoms with van der Waals surface area (Å²) >= 11 is 3.81. The molecule has 0 fully saturated rings. The third kappa shape index (κ3) is 5.04. The zero-order valence-electron chi connectivity index (χ0n) is 28.7. The van der Waals surface area contributed by atoms with Crippen LogP contribution in [0.1, 0.15) is 0 Å². The number of benzene rings is 9. The molecule has 9 aromatic carbocycles. The molecule has 0 saturated carbocycles. The van der Waals surface area contributed by atoms with E-state index in [1.165, 1.54) is 84.1 Å². The van der Waals surface area contributed by atoms with Gasteiger partial charge in [0.1, 0.15) is 0 Å². The summed E-state index contributed by atoms with van der Waals surface area (Å²) in [5.74, 6) is 0. The highest BCUT2D eigenvalue weighted by molar-refractivity contribution is 7.28. The van der Waals surface area contributed by atoms with Gasteiger partial charge >= 0.3 is 0 Å². The van der Waals surface area contributed by atoms with Crippen molar-refractivity contribution in [3.05, 3.63) is 188 Å². The van der Waals surface area contributed by atoms with Gasteiger partial charge in [-0.05, 0) is 104 Å². The smallest absolute Gasteiger partial charge is 0.0468 e. The van der Waals surface area contributed by atoms with Crippen molar-refractivity contribution in [3.8, 4) is 22.3 Å². The summed E-state index contributed by atoms with van der Waals surface area (Å²) in [4.78, 5) is 2.42. The Hall–Kier alpha value is -6.26. The van der Waals surface area contributed by atoms with Crippen LogP contribution in [0.3, 0.4) is 0 Å². The van der Waals surface area contributed by atoms with Crippen molar-refractivity contribution >= 4 is 102 Å². The third-order valence-electron chi connectivity index (χ3n) is 10.6. The molecule has 0 unspecified atom stereocenters. The molecule has 0 saturated heterocycles. The zero-order chi connectivity index (χ0) is 34.9. The minimum absolute atomic E-state index is 1.12. The molecule has 0 bridgehead atoms. The predicted octanol–water partition coefficient (Wildman–Crippen LogP) is 15.5. The summed E-state index contributed by atoms with van der Waals surface area (Å²) in [5.41, 5.74) is 8.22. The Morgan fingerprint density at radius 1 is 0.302 bits per heavy atom. The Morgan fingerprint density at radius 3 is 1.77 bits per heavy atom. The fourth-order valence-electron chi connectivity index (χ4n) is 8.06. The molecule has 2 aromatic heterocycles. The van der Waals surface area contributed by atoms with Crippen LogP contribution >= 0.6 is 22.7 Å². The lowest BCUT2D eigenvalue weighted by Crippen LogP contribution is -2.10. The summed E-state index contributed by atoms with van der Waals surface area (Å²) in [7, 11) is 0. The topological polar surface area (TPSA) is 3.24 Å². The highest BCUT2D eigenvalue weighted by Gasteiger charge is 2.19. The molecule has 0 aliphatic rings. The highest BCUT2D eigenvalue weighted by Crippen LogP contribution is 2.48. The first kappa shape index (κ1) is 30.4. The number of anilines is 3. The van der Waals surface area contributed by atoms with E-state index in [1.807, 2.05) is 22.7 Å². The van der Waals surface area contributed by atoms with Gasteiger partial charge in [0, 0.05) is 57.4 Å². The van der Waals surface area contributed by atoms with Gasteiger partial charge in [-0.25, -0.2) is 0 Å². The molecule has 248 valence electrons. The van der Waals surface area contributed by atoms with Crippen molar-refractivity contribution in [2.45, 2.75) is 0 Å². The van der Waals surface area contributed by atoms with Crippen LogP contribution in [-0.2, 0) is 0 Å². The van der Waals surface area contributed by atoms with Crippen LogP contribution in [0.15, 0.2) is 188 Å². The average Bonchev–Trinajstić information content (AvgIpc) is 3.80. The van der Waals surface area contributed by atoms with E-state index in [4.69, 9.17) is 0 Å². The number of thiophene rings is 2. The second-order valence-corrected chi connectivity index (χ2v) is 15.9. The SMILES string of the molecule is c1ccc(-c2ccc(N(c3cccc(-c4ccc5ccccc5c4)c3)c3ccc4sc5ccc6sc7c8ccccc8ccc7c6c5c4c3)cc2)cc1. The summed E-state index contributed by atoms with van der Waals surface area (Å²) in [5, 5.41) is 10.5. The minimum Gasteiger partial charge on any atom is -0.310 e. The Bertz CT molecular complexity index is 3170. The molecule has 0 spiro atoms. The molecule has 3 heteroatoms. The molecule has 0 N–H and O–H groups in total. The summed E-state index contributed by atoms with van der Waals surface area (Å²) in [6.45, 7) is 0. The number of fused-ring (bicyclic) bond motifs is 10. The lowest BCUT2D eigenvalue weighted by atomic mass is 10.00. The van der Waals surface area contributed by atoms with Crippen molar-refractivity contribution in [3.63, 3.8) is 0 Å². The predicted molar refractivity (Wildman–Crippen MR) is 233 cm³/mol. The third-order valence-corrected chi connectivity index (χ3v) is 13.0. The Kier molecular flexibility index (Phi) is 6.97. The molecule has 11 aromatic rings. The van der Waals surface area contributed by atoms with E-state index in [1.54, 1.807) is 0 Å². The van der Waals surface area contributed by atoms with Gasteiger partial charge in [0.15, 0.2) is 0 Å². The molecule has 0 aliphatic heterocycles. The molecule has 0 radical (unpaired) electrons. The molecular formula is C50H31NS2. The average molecular weight is 710 g/mol. The van der Waals surface area contributed by atoms with Crippen LogP contribution in [0.5, 0.6) is 0 Å². The fraction of sp³-hybridized carbons (Fsp3) is 0. The van der Waals surface area contributed by atoms with Gasteiger partial charge in [0.25, 0.3) is 0 Å². The van der Waals surface area contributed by atoms with Crippen molar-refractivity contribution in [2.75, 3.05) is 4.90 Å². The van der Waals surface area contributed by atoms with Crippen molar-refractivity contribution in [1.82, 2.24) is 0 Å². The zero-order valence-corrected chi connectivity index (χ0v) is 30.3. The number of rotatable bonds is 5. The van der Waals surface area contributed by atoms with E-state index in [-0.39, 0.29) is 0 Å². The Balaban J connectivity index is 1.12. The second kappa shape index (κ2) is 12.2. The molecule has 0 aliphatic carbocycles. The van der Waals surface area contributed by atoms with Gasteiger partial charge in [-0.1, -0.05) is 127 Å². The Morgan fingerprint density at radius 2 is 0.906 bits per heavy atom. The minimum atomic E-state index is 1.12. The van der Waals surface area contributed by atoms with Crippen molar-refractivity contribution in [2.24, 2.45) is 0 Å². The largest absolute Gasteiger partial charge is 0.310 e. The molecule has 11 rings (SSSR count). The van der Waals surface area contributed by atoms with Crippen LogP contribution in [0, 0.1) is 0 Å². The summed E-state index contributed by atoms with van der Waals surface area (Å²) in [6, 6.07) is 69.1. The highest BCUT2D eigenvalue weighted by atomic mass is 32.1. The van der Waals surface area contributed by atoms with E-state index < -0.39 is 0 Å². The van der Waals surface area contributed by atoms with Gasteiger partial charge in [0.05, 0.1) is 0 Å².